The molecule has 4 rings (SSSR count). The number of carbonyl (C=O) groups is 3. The molecule has 0 bridgehead atoms. The molecular formula is C28H23BrN2O7S. The molecule has 3 aromatic carbocycles. The summed E-state index contributed by atoms with van der Waals surface area (Å²) < 4.78 is 37.7. The topological polar surface area (TPSA) is 119 Å². The van der Waals surface area contributed by atoms with E-state index < -0.39 is 28.0 Å². The number of rotatable bonds is 8. The van der Waals surface area contributed by atoms with E-state index >= 15 is 0 Å². The van der Waals surface area contributed by atoms with Crippen molar-refractivity contribution in [2.75, 3.05) is 12.0 Å². The number of amides is 4. The summed E-state index contributed by atoms with van der Waals surface area (Å²) in [5.41, 5.74) is 1.58. The lowest BCUT2D eigenvalue weighted by Gasteiger charge is -2.26. The van der Waals surface area contributed by atoms with Crippen molar-refractivity contribution in [1.29, 1.82) is 0 Å². The fraction of sp³-hybridized carbons (Fsp3) is 0.107. The van der Waals surface area contributed by atoms with E-state index in [0.717, 1.165) is 14.9 Å². The van der Waals surface area contributed by atoms with Crippen LogP contribution in [0.4, 0.5) is 10.5 Å². The molecule has 0 aliphatic carbocycles. The predicted octanol–water partition coefficient (Wildman–Crippen LogP) is 4.93. The summed E-state index contributed by atoms with van der Waals surface area (Å²) >= 11 is 3.30. The van der Waals surface area contributed by atoms with Crippen molar-refractivity contribution in [3.05, 3.63) is 100 Å². The van der Waals surface area contributed by atoms with Gasteiger partial charge in [-0.15, -0.1) is 6.58 Å². The minimum absolute atomic E-state index is 0.0342. The average Bonchev–Trinajstić information content (AvgIpc) is 2.89. The van der Waals surface area contributed by atoms with Crippen molar-refractivity contribution in [1.82, 2.24) is 5.32 Å². The molecule has 1 N–H and O–H groups in total. The first kappa shape index (κ1) is 27.8. The highest BCUT2D eigenvalue weighted by atomic mass is 79.9. The van der Waals surface area contributed by atoms with E-state index in [2.05, 4.69) is 27.8 Å². The third kappa shape index (κ3) is 5.94. The van der Waals surface area contributed by atoms with Gasteiger partial charge in [-0.1, -0.05) is 39.7 Å². The Morgan fingerprint density at radius 1 is 1.03 bits per heavy atom. The van der Waals surface area contributed by atoms with Crippen molar-refractivity contribution in [3.63, 3.8) is 0 Å². The molecule has 0 spiro atoms. The van der Waals surface area contributed by atoms with E-state index in [1.807, 2.05) is 6.92 Å². The Balaban J connectivity index is 1.76. The highest BCUT2D eigenvalue weighted by molar-refractivity contribution is 9.10. The summed E-state index contributed by atoms with van der Waals surface area (Å²) in [6.45, 7) is 5.55. The number of allylic oxidation sites excluding steroid dienone is 1. The first-order valence-corrected chi connectivity index (χ1v) is 13.7. The Kier molecular flexibility index (Phi) is 8.03. The Hall–Kier alpha value is -4.22. The molecule has 1 heterocycles. The van der Waals surface area contributed by atoms with Gasteiger partial charge in [-0.2, -0.15) is 8.42 Å². The molecule has 1 saturated heterocycles. The quantitative estimate of drug-likeness (QED) is 0.166. The number of methoxy groups -OCH3 is 1. The molecule has 0 atom stereocenters. The molecule has 1 aliphatic heterocycles. The van der Waals surface area contributed by atoms with E-state index in [9.17, 15) is 22.8 Å². The Bertz CT molecular complexity index is 1610. The van der Waals surface area contributed by atoms with Gasteiger partial charge in [-0.25, -0.2) is 9.69 Å². The zero-order valence-corrected chi connectivity index (χ0v) is 23.3. The maximum atomic E-state index is 13.2. The minimum atomic E-state index is -4.20. The summed E-state index contributed by atoms with van der Waals surface area (Å²) in [6.07, 6.45) is 3.03. The zero-order valence-electron chi connectivity index (χ0n) is 20.9. The molecule has 11 heteroatoms. The van der Waals surface area contributed by atoms with Crippen molar-refractivity contribution in [3.8, 4) is 11.5 Å². The third-order valence-corrected chi connectivity index (χ3v) is 7.50. The number of urea groups is 1. The monoisotopic (exact) mass is 610 g/mol. The van der Waals surface area contributed by atoms with Crippen LogP contribution in [0.2, 0.25) is 0 Å². The molecule has 0 aromatic heterocycles. The molecule has 0 saturated carbocycles. The predicted molar refractivity (Wildman–Crippen MR) is 149 cm³/mol. The second-order valence-electron chi connectivity index (χ2n) is 8.49. The number of benzene rings is 3. The van der Waals surface area contributed by atoms with Gasteiger partial charge in [-0.05, 0) is 73.5 Å². The molecule has 3 aromatic rings. The molecular weight excluding hydrogens is 588 g/mol. The van der Waals surface area contributed by atoms with Gasteiger partial charge in [0.1, 0.15) is 10.5 Å². The van der Waals surface area contributed by atoms with E-state index in [1.165, 1.54) is 31.4 Å². The zero-order chi connectivity index (χ0) is 28.3. The number of carbonyl (C=O) groups excluding carboxylic acids is 3. The molecule has 200 valence electrons. The number of aryl methyl sites for hydroxylation is 1. The van der Waals surface area contributed by atoms with Gasteiger partial charge in [-0.3, -0.25) is 14.9 Å². The molecule has 0 unspecified atom stereocenters. The summed E-state index contributed by atoms with van der Waals surface area (Å²) in [4.78, 5) is 39.2. The molecule has 0 radical (unpaired) electrons. The van der Waals surface area contributed by atoms with Crippen LogP contribution in [-0.4, -0.2) is 33.4 Å². The number of ether oxygens (including phenoxy) is 1. The van der Waals surface area contributed by atoms with E-state index in [0.29, 0.717) is 11.1 Å². The van der Waals surface area contributed by atoms with E-state index in [-0.39, 0.29) is 34.1 Å². The lowest BCUT2D eigenvalue weighted by Crippen LogP contribution is -2.54. The maximum absolute atomic E-state index is 13.2. The minimum Gasteiger partial charge on any atom is -0.493 e. The van der Waals surface area contributed by atoms with Crippen LogP contribution in [-0.2, 0) is 26.1 Å². The van der Waals surface area contributed by atoms with Gasteiger partial charge in [0.15, 0.2) is 11.5 Å². The van der Waals surface area contributed by atoms with E-state index in [4.69, 9.17) is 8.92 Å². The van der Waals surface area contributed by atoms with Crippen LogP contribution < -0.4 is 19.1 Å². The number of halogens is 1. The van der Waals surface area contributed by atoms with Crippen molar-refractivity contribution >= 4 is 55.7 Å². The fourth-order valence-corrected chi connectivity index (χ4v) is 5.07. The van der Waals surface area contributed by atoms with Crippen LogP contribution >= 0.6 is 15.9 Å². The summed E-state index contributed by atoms with van der Waals surface area (Å²) in [7, 11) is -2.87. The van der Waals surface area contributed by atoms with Gasteiger partial charge >= 0.3 is 16.1 Å². The lowest BCUT2D eigenvalue weighted by atomic mass is 10.0. The van der Waals surface area contributed by atoms with E-state index in [1.54, 1.807) is 48.5 Å². The summed E-state index contributed by atoms with van der Waals surface area (Å²) in [6, 6.07) is 14.7. The number of imide groups is 2. The first-order chi connectivity index (χ1) is 18.5. The lowest BCUT2D eigenvalue weighted by molar-refractivity contribution is -0.122. The smallest absolute Gasteiger partial charge is 0.339 e. The molecule has 4 amide bonds. The second kappa shape index (κ2) is 11.3. The summed E-state index contributed by atoms with van der Waals surface area (Å²) in [5.74, 6) is -1.69. The number of hydrogen-bond acceptors (Lipinski definition) is 7. The Labute approximate surface area is 234 Å². The van der Waals surface area contributed by atoms with Crippen LogP contribution in [0.15, 0.2) is 88.3 Å². The summed E-state index contributed by atoms with van der Waals surface area (Å²) in [5, 5.41) is 2.17. The maximum Gasteiger partial charge on any atom is 0.339 e. The second-order valence-corrected chi connectivity index (χ2v) is 11.0. The Morgan fingerprint density at radius 3 is 2.31 bits per heavy atom. The molecule has 1 aliphatic rings. The van der Waals surface area contributed by atoms with Crippen molar-refractivity contribution < 1.29 is 31.7 Å². The van der Waals surface area contributed by atoms with Crippen LogP contribution in [0, 0.1) is 6.92 Å². The standard InChI is InChI=1S/C28H23BrN2O7S/c1-4-5-19-14-18(16-24(37-3)25(19)38-39(35,36)22-12-6-17(2)7-13-22)15-23-26(32)30-28(34)31(27(23)33)21-10-8-20(29)9-11-21/h4,6-16H,1,5H2,2-3H3,(H,30,32,34)/b23-15+. The number of nitrogens with one attached hydrogen (secondary N) is 1. The van der Waals surface area contributed by atoms with Crippen molar-refractivity contribution in [2.24, 2.45) is 0 Å². The Morgan fingerprint density at radius 2 is 1.69 bits per heavy atom. The normalized spacial score (nSPS) is 14.8. The average molecular weight is 611 g/mol. The van der Waals surface area contributed by atoms with Crippen LogP contribution in [0.1, 0.15) is 16.7 Å². The third-order valence-electron chi connectivity index (χ3n) is 5.74. The molecule has 39 heavy (non-hydrogen) atoms. The molecule has 9 nitrogen and oxygen atoms in total. The van der Waals surface area contributed by atoms with Gasteiger partial charge in [0.05, 0.1) is 12.8 Å². The van der Waals surface area contributed by atoms with Gasteiger partial charge in [0, 0.05) is 10.0 Å². The highest BCUT2D eigenvalue weighted by Crippen LogP contribution is 2.37. The van der Waals surface area contributed by atoms with Crippen LogP contribution in [0.25, 0.3) is 6.08 Å². The van der Waals surface area contributed by atoms with Crippen LogP contribution in [0.3, 0.4) is 0 Å². The SMILES string of the molecule is C=CCc1cc(/C=C2\C(=O)NC(=O)N(c3ccc(Br)cc3)C2=O)cc(OC)c1OS(=O)(=O)c1ccc(C)cc1. The number of hydrogen-bond donors (Lipinski definition) is 1. The largest absolute Gasteiger partial charge is 0.493 e. The van der Waals surface area contributed by atoms with Crippen molar-refractivity contribution in [2.45, 2.75) is 18.2 Å². The number of anilines is 1. The number of nitrogens with zero attached hydrogens (tertiary/aromatic N) is 1. The van der Waals surface area contributed by atoms with Crippen LogP contribution in [0.5, 0.6) is 11.5 Å². The van der Waals surface area contributed by atoms with Gasteiger partial charge in [0.2, 0.25) is 0 Å². The fourth-order valence-electron chi connectivity index (χ4n) is 3.83. The van der Waals surface area contributed by atoms with Gasteiger partial charge < -0.3 is 8.92 Å². The highest BCUT2D eigenvalue weighted by Gasteiger charge is 2.37. The van der Waals surface area contributed by atoms with Gasteiger partial charge in [0.25, 0.3) is 11.8 Å². The first-order valence-electron chi connectivity index (χ1n) is 11.5. The molecule has 1 fully saturated rings. The number of barbiturate groups is 1.